The number of amides is 1. The first kappa shape index (κ1) is 20.1. The quantitative estimate of drug-likeness (QED) is 0.761. The molecule has 2 heterocycles. The van der Waals surface area contributed by atoms with Crippen LogP contribution in [0.5, 0.6) is 11.5 Å². The lowest BCUT2D eigenvalue weighted by molar-refractivity contribution is 0.0889. The molecule has 0 saturated heterocycles. The molecule has 1 aliphatic rings. The molecule has 1 amide bonds. The number of hydrogen-bond donors (Lipinski definition) is 0. The van der Waals surface area contributed by atoms with E-state index < -0.39 is 0 Å². The highest BCUT2D eigenvalue weighted by atomic mass is 16.6. The van der Waals surface area contributed by atoms with Crippen molar-refractivity contribution < 1.29 is 23.4 Å². The summed E-state index contributed by atoms with van der Waals surface area (Å²) in [4.78, 5) is 14.4. The number of hydrogen-bond acceptors (Lipinski definition) is 5. The molecule has 6 heteroatoms. The van der Waals surface area contributed by atoms with Crippen molar-refractivity contribution in [3.63, 3.8) is 0 Å². The number of carbonyl (C=O) groups is 1. The van der Waals surface area contributed by atoms with E-state index in [-0.39, 0.29) is 17.6 Å². The molecule has 3 rings (SSSR count). The van der Waals surface area contributed by atoms with Crippen LogP contribution in [-0.4, -0.2) is 38.4 Å². The molecule has 2 aromatic rings. The van der Waals surface area contributed by atoms with Gasteiger partial charge in [0.2, 0.25) is 0 Å². The molecule has 0 radical (unpaired) electrons. The SMILES string of the molecule is CCOC(=O)N1CCc2cc(OC)c(OC)cc2C1c1ccc(C(C)(C)C)o1. The van der Waals surface area contributed by atoms with Gasteiger partial charge in [0.05, 0.1) is 20.8 Å². The Balaban J connectivity index is 2.13. The Morgan fingerprint density at radius 1 is 1.18 bits per heavy atom. The Morgan fingerprint density at radius 3 is 2.43 bits per heavy atom. The van der Waals surface area contributed by atoms with Gasteiger partial charge in [-0.3, -0.25) is 4.90 Å². The van der Waals surface area contributed by atoms with E-state index in [1.54, 1.807) is 19.1 Å². The predicted molar refractivity (Wildman–Crippen MR) is 106 cm³/mol. The molecule has 0 bridgehead atoms. The summed E-state index contributed by atoms with van der Waals surface area (Å²) in [5.41, 5.74) is 1.95. The number of fused-ring (bicyclic) bond motifs is 1. The van der Waals surface area contributed by atoms with Gasteiger partial charge in [-0.15, -0.1) is 0 Å². The highest BCUT2D eigenvalue weighted by Crippen LogP contribution is 2.42. The van der Waals surface area contributed by atoms with Crippen LogP contribution in [0, 0.1) is 0 Å². The minimum Gasteiger partial charge on any atom is -0.493 e. The van der Waals surface area contributed by atoms with E-state index in [0.717, 1.165) is 16.9 Å². The smallest absolute Gasteiger partial charge is 0.410 e. The van der Waals surface area contributed by atoms with Gasteiger partial charge in [-0.25, -0.2) is 4.79 Å². The number of benzene rings is 1. The summed E-state index contributed by atoms with van der Waals surface area (Å²) in [5, 5.41) is 0. The van der Waals surface area contributed by atoms with Crippen LogP contribution >= 0.6 is 0 Å². The van der Waals surface area contributed by atoms with Crippen molar-refractivity contribution in [1.82, 2.24) is 4.90 Å². The van der Waals surface area contributed by atoms with Crippen LogP contribution in [0.15, 0.2) is 28.7 Å². The second-order valence-corrected chi connectivity index (χ2v) is 7.90. The summed E-state index contributed by atoms with van der Waals surface area (Å²) < 4.78 is 22.5. The Labute approximate surface area is 166 Å². The zero-order valence-corrected chi connectivity index (χ0v) is 17.5. The molecular weight excluding hydrogens is 358 g/mol. The molecule has 152 valence electrons. The maximum atomic E-state index is 12.7. The third-order valence-electron chi connectivity index (χ3n) is 5.01. The van der Waals surface area contributed by atoms with E-state index >= 15 is 0 Å². The molecular formula is C22H29NO5. The van der Waals surface area contributed by atoms with Crippen molar-refractivity contribution in [3.05, 3.63) is 46.9 Å². The summed E-state index contributed by atoms with van der Waals surface area (Å²) in [7, 11) is 3.23. The highest BCUT2D eigenvalue weighted by molar-refractivity contribution is 5.70. The minimum atomic E-state index is -0.376. The molecule has 0 aliphatic carbocycles. The summed E-state index contributed by atoms with van der Waals surface area (Å²) >= 11 is 0. The maximum Gasteiger partial charge on any atom is 0.410 e. The van der Waals surface area contributed by atoms with Gasteiger partial charge in [0.1, 0.15) is 17.6 Å². The summed E-state index contributed by atoms with van der Waals surface area (Å²) in [6.07, 6.45) is 0.360. The lowest BCUT2D eigenvalue weighted by Gasteiger charge is -2.36. The fourth-order valence-corrected chi connectivity index (χ4v) is 3.56. The van der Waals surface area contributed by atoms with Crippen molar-refractivity contribution in [1.29, 1.82) is 0 Å². The third kappa shape index (κ3) is 3.68. The van der Waals surface area contributed by atoms with E-state index in [1.165, 1.54) is 0 Å². The van der Waals surface area contributed by atoms with Gasteiger partial charge in [0.15, 0.2) is 11.5 Å². The largest absolute Gasteiger partial charge is 0.493 e. The molecule has 28 heavy (non-hydrogen) atoms. The second kappa shape index (κ2) is 7.78. The number of nitrogens with zero attached hydrogens (tertiary/aromatic N) is 1. The predicted octanol–water partition coefficient (Wildman–Crippen LogP) is 4.70. The molecule has 0 N–H and O–H groups in total. The maximum absolute atomic E-state index is 12.7. The van der Waals surface area contributed by atoms with Gasteiger partial charge in [0, 0.05) is 12.0 Å². The third-order valence-corrected chi connectivity index (χ3v) is 5.01. The van der Waals surface area contributed by atoms with Crippen molar-refractivity contribution in [2.45, 2.75) is 45.6 Å². The summed E-state index contributed by atoms with van der Waals surface area (Å²) in [5.74, 6) is 2.89. The topological polar surface area (TPSA) is 61.1 Å². The Morgan fingerprint density at radius 2 is 1.86 bits per heavy atom. The van der Waals surface area contributed by atoms with Crippen LogP contribution in [-0.2, 0) is 16.6 Å². The van der Waals surface area contributed by atoms with E-state index in [2.05, 4.69) is 20.8 Å². The molecule has 0 saturated carbocycles. The number of methoxy groups -OCH3 is 2. The van der Waals surface area contributed by atoms with Gasteiger partial charge < -0.3 is 18.6 Å². The van der Waals surface area contributed by atoms with Crippen molar-refractivity contribution in [3.8, 4) is 11.5 Å². The normalized spacial score (nSPS) is 16.5. The van der Waals surface area contributed by atoms with E-state index in [9.17, 15) is 4.79 Å². The lowest BCUT2D eigenvalue weighted by Crippen LogP contribution is -2.40. The first-order valence-electron chi connectivity index (χ1n) is 9.58. The molecule has 0 fully saturated rings. The molecule has 6 nitrogen and oxygen atoms in total. The molecule has 0 spiro atoms. The standard InChI is InChI=1S/C22H29NO5/c1-7-27-21(24)23-11-10-14-12-17(25-5)18(26-6)13-15(14)20(23)16-8-9-19(28-16)22(2,3)4/h8-9,12-13,20H,7,10-11H2,1-6H3. The zero-order valence-electron chi connectivity index (χ0n) is 17.5. The fourth-order valence-electron chi connectivity index (χ4n) is 3.56. The Bertz CT molecular complexity index is 849. The van der Waals surface area contributed by atoms with Crippen LogP contribution in [0.1, 0.15) is 56.4 Å². The van der Waals surface area contributed by atoms with Crippen molar-refractivity contribution >= 4 is 6.09 Å². The number of ether oxygens (including phenoxy) is 3. The van der Waals surface area contributed by atoms with E-state index in [1.807, 2.05) is 31.2 Å². The number of rotatable bonds is 4. The second-order valence-electron chi connectivity index (χ2n) is 7.90. The molecule has 1 aliphatic heterocycles. The van der Waals surface area contributed by atoms with Crippen LogP contribution < -0.4 is 9.47 Å². The van der Waals surface area contributed by atoms with Crippen molar-refractivity contribution in [2.75, 3.05) is 27.4 Å². The first-order valence-corrected chi connectivity index (χ1v) is 9.58. The number of carbonyl (C=O) groups excluding carboxylic acids is 1. The van der Waals surface area contributed by atoms with Gasteiger partial charge in [-0.1, -0.05) is 20.8 Å². The summed E-state index contributed by atoms with van der Waals surface area (Å²) in [6.45, 7) is 8.97. The van der Waals surface area contributed by atoms with E-state index in [4.69, 9.17) is 18.6 Å². The van der Waals surface area contributed by atoms with Gasteiger partial charge in [-0.05, 0) is 48.7 Å². The van der Waals surface area contributed by atoms with Gasteiger partial charge in [-0.2, -0.15) is 0 Å². The fraction of sp³-hybridized carbons (Fsp3) is 0.500. The zero-order chi connectivity index (χ0) is 20.5. The highest BCUT2D eigenvalue weighted by Gasteiger charge is 2.36. The van der Waals surface area contributed by atoms with Crippen LogP contribution in [0.2, 0.25) is 0 Å². The first-order chi connectivity index (χ1) is 13.3. The average Bonchev–Trinajstić information content (AvgIpc) is 3.16. The van der Waals surface area contributed by atoms with Crippen LogP contribution in [0.25, 0.3) is 0 Å². The Kier molecular flexibility index (Phi) is 5.59. The molecule has 1 atom stereocenters. The molecule has 1 unspecified atom stereocenters. The lowest BCUT2D eigenvalue weighted by atomic mass is 9.90. The van der Waals surface area contributed by atoms with Crippen LogP contribution in [0.3, 0.4) is 0 Å². The monoisotopic (exact) mass is 387 g/mol. The van der Waals surface area contributed by atoms with Gasteiger partial charge in [0.25, 0.3) is 0 Å². The average molecular weight is 387 g/mol. The summed E-state index contributed by atoms with van der Waals surface area (Å²) in [6, 6.07) is 7.47. The van der Waals surface area contributed by atoms with Crippen molar-refractivity contribution in [2.24, 2.45) is 0 Å². The number of furan rings is 1. The molecule has 1 aromatic carbocycles. The Hall–Kier alpha value is -2.63. The van der Waals surface area contributed by atoms with Crippen LogP contribution in [0.4, 0.5) is 4.79 Å². The van der Waals surface area contributed by atoms with Gasteiger partial charge >= 0.3 is 6.09 Å². The molecule has 1 aromatic heterocycles. The van der Waals surface area contributed by atoms with E-state index in [0.29, 0.717) is 36.8 Å². The minimum absolute atomic E-state index is 0.123.